The van der Waals surface area contributed by atoms with Gasteiger partial charge >= 0.3 is 0 Å². The Hall–Kier alpha value is -0.870. The lowest BCUT2D eigenvalue weighted by molar-refractivity contribution is -0.115. The molecule has 1 amide bonds. The Morgan fingerprint density at radius 2 is 2.29 bits per heavy atom. The van der Waals surface area contributed by atoms with Crippen LogP contribution in [0, 0.1) is 5.82 Å². The summed E-state index contributed by atoms with van der Waals surface area (Å²) in [6.07, 6.45) is 0. The van der Waals surface area contributed by atoms with Crippen molar-refractivity contribution in [3.8, 4) is 0 Å². The van der Waals surface area contributed by atoms with Crippen LogP contribution in [0.2, 0.25) is 5.02 Å². The largest absolute Gasteiger partial charge is 0.272 e. The molecule has 0 saturated heterocycles. The van der Waals surface area contributed by atoms with Gasteiger partial charge in [0.1, 0.15) is 10.9 Å². The maximum Gasteiger partial charge on any atom is 0.257 e. The van der Waals surface area contributed by atoms with Gasteiger partial charge in [0.05, 0.1) is 16.3 Å². The number of halogens is 2. The zero-order chi connectivity index (χ0) is 10.1. The molecule has 0 aliphatic carbocycles. The van der Waals surface area contributed by atoms with E-state index in [4.69, 9.17) is 11.6 Å². The maximum atomic E-state index is 13.3. The Morgan fingerprint density at radius 1 is 1.50 bits per heavy atom. The molecule has 1 heterocycles. The van der Waals surface area contributed by atoms with Gasteiger partial charge in [-0.3, -0.25) is 4.79 Å². The summed E-state index contributed by atoms with van der Waals surface area (Å²) in [7, 11) is 0. The summed E-state index contributed by atoms with van der Waals surface area (Å²) in [5.74, 6) is -0.428. The van der Waals surface area contributed by atoms with Crippen LogP contribution in [-0.4, -0.2) is 16.7 Å². The van der Waals surface area contributed by atoms with Gasteiger partial charge in [-0.15, -0.1) is 0 Å². The van der Waals surface area contributed by atoms with Crippen molar-refractivity contribution in [3.05, 3.63) is 34.6 Å². The van der Waals surface area contributed by atoms with Crippen molar-refractivity contribution in [2.45, 2.75) is 0 Å². The summed E-state index contributed by atoms with van der Waals surface area (Å²) < 4.78 is 13.3. The first-order valence-electron chi connectivity index (χ1n) is 3.87. The molecule has 1 aliphatic heterocycles. The molecule has 0 N–H and O–H groups in total. The number of hydrogen-bond donors (Lipinski definition) is 0. The third-order valence-electron chi connectivity index (χ3n) is 1.74. The molecule has 5 heteroatoms. The fourth-order valence-corrected chi connectivity index (χ4v) is 2.29. The molecule has 1 aromatic carbocycles. The molecule has 2 nitrogen and oxygen atoms in total. The lowest BCUT2D eigenvalue weighted by atomic mass is 10.2. The van der Waals surface area contributed by atoms with Crippen molar-refractivity contribution in [1.82, 2.24) is 0 Å². The van der Waals surface area contributed by atoms with E-state index in [0.717, 1.165) is 0 Å². The van der Waals surface area contributed by atoms with Crippen molar-refractivity contribution in [3.63, 3.8) is 0 Å². The normalized spacial score (nSPS) is 15.9. The third-order valence-corrected chi connectivity index (χ3v) is 3.01. The molecule has 0 fully saturated rings. The fraction of sp³-hybridized carbons (Fsp3) is 0.111. The highest BCUT2D eigenvalue weighted by atomic mass is 35.5. The summed E-state index contributed by atoms with van der Waals surface area (Å²) in [5.41, 5.74) is 0.227. The zero-order valence-corrected chi connectivity index (χ0v) is 8.53. The van der Waals surface area contributed by atoms with Crippen LogP contribution in [0.5, 0.6) is 0 Å². The van der Waals surface area contributed by atoms with Gasteiger partial charge in [-0.2, -0.15) is 0 Å². The number of thioether (sulfide) groups is 1. The molecular weight excluding hydrogens is 225 g/mol. The fourth-order valence-electron chi connectivity index (χ4n) is 1.14. The third kappa shape index (κ3) is 1.67. The average molecular weight is 230 g/mol. The number of nitrogens with zero attached hydrogens (tertiary/aromatic N) is 1. The molecule has 0 aromatic heterocycles. The van der Waals surface area contributed by atoms with Crippen LogP contribution >= 0.6 is 23.4 Å². The lowest BCUT2D eigenvalue weighted by Gasteiger charge is -2.02. The molecule has 0 unspecified atom stereocenters. The van der Waals surface area contributed by atoms with E-state index in [1.165, 1.54) is 23.9 Å². The molecule has 0 atom stereocenters. The predicted octanol–water partition coefficient (Wildman–Crippen LogP) is 2.50. The minimum atomic E-state index is -0.446. The highest BCUT2D eigenvalue weighted by Gasteiger charge is 2.21. The second-order valence-corrected chi connectivity index (χ2v) is 4.07. The van der Waals surface area contributed by atoms with Gasteiger partial charge in [0.15, 0.2) is 0 Å². The molecule has 2 rings (SSSR count). The van der Waals surface area contributed by atoms with Crippen LogP contribution < -0.4 is 0 Å². The van der Waals surface area contributed by atoms with Crippen LogP contribution in [-0.2, 0) is 4.79 Å². The van der Waals surface area contributed by atoms with E-state index in [2.05, 4.69) is 4.99 Å². The lowest BCUT2D eigenvalue weighted by Crippen LogP contribution is -1.97. The van der Waals surface area contributed by atoms with Crippen LogP contribution in [0.4, 0.5) is 4.39 Å². The number of aliphatic imine (C=N–C) groups is 1. The number of amides is 1. The molecule has 0 spiro atoms. The summed E-state index contributed by atoms with van der Waals surface area (Å²) in [4.78, 5) is 14.6. The topological polar surface area (TPSA) is 29.4 Å². The maximum absolute atomic E-state index is 13.3. The molecule has 0 radical (unpaired) electrons. The van der Waals surface area contributed by atoms with Crippen molar-refractivity contribution in [2.24, 2.45) is 4.99 Å². The minimum absolute atomic E-state index is 0.227. The van der Waals surface area contributed by atoms with Crippen LogP contribution in [0.1, 0.15) is 5.56 Å². The van der Waals surface area contributed by atoms with Gasteiger partial charge in [-0.25, -0.2) is 9.38 Å². The highest BCUT2D eigenvalue weighted by Crippen LogP contribution is 2.27. The van der Waals surface area contributed by atoms with Crippen molar-refractivity contribution in [1.29, 1.82) is 0 Å². The Morgan fingerprint density at radius 3 is 2.86 bits per heavy atom. The van der Waals surface area contributed by atoms with Gasteiger partial charge in [-0.05, 0) is 12.1 Å². The van der Waals surface area contributed by atoms with E-state index in [1.807, 2.05) is 0 Å². The van der Waals surface area contributed by atoms with Crippen molar-refractivity contribution >= 4 is 34.3 Å². The number of hydrogen-bond acceptors (Lipinski definition) is 2. The molecule has 1 aromatic rings. The van der Waals surface area contributed by atoms with Crippen LogP contribution in [0.3, 0.4) is 0 Å². The first-order valence-corrected chi connectivity index (χ1v) is 5.23. The summed E-state index contributed by atoms with van der Waals surface area (Å²) in [6.45, 7) is 0. The van der Waals surface area contributed by atoms with E-state index in [9.17, 15) is 9.18 Å². The first kappa shape index (κ1) is 9.68. The van der Waals surface area contributed by atoms with E-state index < -0.39 is 5.82 Å². The van der Waals surface area contributed by atoms with Crippen molar-refractivity contribution < 1.29 is 9.18 Å². The van der Waals surface area contributed by atoms with Gasteiger partial charge in [0, 0.05) is 0 Å². The van der Waals surface area contributed by atoms with Gasteiger partial charge in [0.2, 0.25) is 0 Å². The molecule has 0 saturated carbocycles. The standard InChI is InChI=1S/C9H5ClFNOS/c10-5-2-1-3-6(11)8(5)9-12-7(13)4-14-9/h1-3H,4H2. The van der Waals surface area contributed by atoms with Crippen molar-refractivity contribution in [2.75, 3.05) is 5.75 Å². The first-order chi connectivity index (χ1) is 6.68. The highest BCUT2D eigenvalue weighted by molar-refractivity contribution is 8.15. The summed E-state index contributed by atoms with van der Waals surface area (Å²) in [6, 6.07) is 4.39. The van der Waals surface area contributed by atoms with Crippen LogP contribution in [0.25, 0.3) is 0 Å². The summed E-state index contributed by atoms with van der Waals surface area (Å²) >= 11 is 7.02. The number of rotatable bonds is 1. The predicted molar refractivity (Wildman–Crippen MR) is 55.4 cm³/mol. The molecule has 72 valence electrons. The zero-order valence-electron chi connectivity index (χ0n) is 6.96. The van der Waals surface area contributed by atoms with Gasteiger partial charge in [-0.1, -0.05) is 29.4 Å². The monoisotopic (exact) mass is 229 g/mol. The SMILES string of the molecule is O=C1CSC(c2c(F)cccc2Cl)=N1. The van der Waals surface area contributed by atoms with E-state index >= 15 is 0 Å². The molecule has 1 aliphatic rings. The minimum Gasteiger partial charge on any atom is -0.272 e. The Balaban J connectivity index is 2.51. The van der Waals surface area contributed by atoms with Crippen LogP contribution in [0.15, 0.2) is 23.2 Å². The number of carbonyl (C=O) groups is 1. The second-order valence-electron chi connectivity index (χ2n) is 2.70. The average Bonchev–Trinajstić information content (AvgIpc) is 2.51. The van der Waals surface area contributed by atoms with E-state index in [-0.39, 0.29) is 22.2 Å². The van der Waals surface area contributed by atoms with E-state index in [1.54, 1.807) is 6.07 Å². The summed E-state index contributed by atoms with van der Waals surface area (Å²) in [5, 5.41) is 0.657. The Labute approximate surface area is 89.2 Å². The Bertz CT molecular complexity index is 413. The number of benzene rings is 1. The molecule has 14 heavy (non-hydrogen) atoms. The smallest absolute Gasteiger partial charge is 0.257 e. The van der Waals surface area contributed by atoms with Gasteiger partial charge in [0.25, 0.3) is 5.91 Å². The van der Waals surface area contributed by atoms with E-state index in [0.29, 0.717) is 5.04 Å². The van der Waals surface area contributed by atoms with Gasteiger partial charge < -0.3 is 0 Å². The molecular formula is C9H5ClFNOS. The quantitative estimate of drug-likeness (QED) is 0.741. The Kier molecular flexibility index (Phi) is 2.56. The second kappa shape index (κ2) is 3.71. The number of carbonyl (C=O) groups excluding carboxylic acids is 1. The molecule has 0 bridgehead atoms.